The van der Waals surface area contributed by atoms with Crippen LogP contribution < -0.4 is 5.32 Å². The van der Waals surface area contributed by atoms with E-state index < -0.39 is 0 Å². The molecule has 0 unspecified atom stereocenters. The van der Waals surface area contributed by atoms with Gasteiger partial charge in [-0.2, -0.15) is 0 Å². The van der Waals surface area contributed by atoms with Crippen LogP contribution in [0.5, 0.6) is 0 Å². The van der Waals surface area contributed by atoms with Crippen LogP contribution in [0.4, 0.5) is 0 Å². The Morgan fingerprint density at radius 2 is 1.95 bits per heavy atom. The molecule has 1 fully saturated rings. The SMILES string of the molecule is Clc1ccccc1-c1cncn1CCN1CCNCC1. The Morgan fingerprint density at radius 3 is 2.75 bits per heavy atom. The lowest BCUT2D eigenvalue weighted by molar-refractivity contribution is 0.233. The highest BCUT2D eigenvalue weighted by molar-refractivity contribution is 6.33. The van der Waals surface area contributed by atoms with E-state index in [1.165, 1.54) is 0 Å². The fraction of sp³-hybridized carbons (Fsp3) is 0.400. The van der Waals surface area contributed by atoms with Gasteiger partial charge >= 0.3 is 0 Å². The molecule has 1 aliphatic heterocycles. The van der Waals surface area contributed by atoms with Gasteiger partial charge in [-0.1, -0.05) is 29.8 Å². The third kappa shape index (κ3) is 3.03. The van der Waals surface area contributed by atoms with Crippen LogP contribution in [0.1, 0.15) is 0 Å². The lowest BCUT2D eigenvalue weighted by atomic mass is 10.1. The Hall–Kier alpha value is -1.36. The van der Waals surface area contributed by atoms with Crippen LogP contribution >= 0.6 is 11.6 Å². The number of piperazine rings is 1. The van der Waals surface area contributed by atoms with Gasteiger partial charge in [-0.05, 0) is 6.07 Å². The number of imidazole rings is 1. The van der Waals surface area contributed by atoms with Crippen molar-refractivity contribution in [2.45, 2.75) is 6.54 Å². The number of nitrogens with zero attached hydrogens (tertiary/aromatic N) is 3. The first-order chi connectivity index (χ1) is 9.84. The highest BCUT2D eigenvalue weighted by atomic mass is 35.5. The Kier molecular flexibility index (Phi) is 4.35. The predicted molar refractivity (Wildman–Crippen MR) is 82.0 cm³/mol. The van der Waals surface area contributed by atoms with Gasteiger partial charge in [0.2, 0.25) is 0 Å². The third-order valence-electron chi connectivity index (χ3n) is 3.73. The van der Waals surface area contributed by atoms with Crippen molar-refractivity contribution in [1.82, 2.24) is 19.8 Å². The highest BCUT2D eigenvalue weighted by Gasteiger charge is 2.12. The smallest absolute Gasteiger partial charge is 0.0951 e. The topological polar surface area (TPSA) is 33.1 Å². The Balaban J connectivity index is 1.72. The fourth-order valence-corrected chi connectivity index (χ4v) is 2.81. The van der Waals surface area contributed by atoms with Gasteiger partial charge in [0.1, 0.15) is 0 Å². The summed E-state index contributed by atoms with van der Waals surface area (Å²) in [4.78, 5) is 6.76. The maximum Gasteiger partial charge on any atom is 0.0951 e. The van der Waals surface area contributed by atoms with Crippen molar-refractivity contribution in [3.05, 3.63) is 41.8 Å². The van der Waals surface area contributed by atoms with Crippen LogP contribution in [0.2, 0.25) is 5.02 Å². The summed E-state index contributed by atoms with van der Waals surface area (Å²) in [6, 6.07) is 7.92. The van der Waals surface area contributed by atoms with Gasteiger partial charge in [0.15, 0.2) is 0 Å². The molecule has 2 heterocycles. The Labute approximate surface area is 124 Å². The average Bonchev–Trinajstić information content (AvgIpc) is 2.95. The molecule has 20 heavy (non-hydrogen) atoms. The minimum absolute atomic E-state index is 0.774. The average molecular weight is 291 g/mol. The standard InChI is InChI=1S/C15H19ClN4/c16-14-4-2-1-3-13(14)15-11-18-12-20(15)10-9-19-7-5-17-6-8-19/h1-4,11-12,17H,5-10H2. The van der Waals surface area contributed by atoms with E-state index in [0.29, 0.717) is 0 Å². The van der Waals surface area contributed by atoms with Gasteiger partial charge in [0, 0.05) is 49.9 Å². The first-order valence-electron chi connectivity index (χ1n) is 7.03. The summed E-state index contributed by atoms with van der Waals surface area (Å²) in [5.41, 5.74) is 2.14. The number of nitrogens with one attached hydrogen (secondary N) is 1. The van der Waals surface area contributed by atoms with Gasteiger partial charge in [-0.25, -0.2) is 4.98 Å². The van der Waals surface area contributed by atoms with Gasteiger partial charge < -0.3 is 9.88 Å². The van der Waals surface area contributed by atoms with E-state index in [-0.39, 0.29) is 0 Å². The summed E-state index contributed by atoms with van der Waals surface area (Å²) in [5.74, 6) is 0. The lowest BCUT2D eigenvalue weighted by Crippen LogP contribution is -2.44. The summed E-state index contributed by atoms with van der Waals surface area (Å²) in [6.07, 6.45) is 3.78. The number of rotatable bonds is 4. The van der Waals surface area contributed by atoms with Crippen molar-refractivity contribution in [3.63, 3.8) is 0 Å². The summed E-state index contributed by atoms with van der Waals surface area (Å²) < 4.78 is 2.18. The molecule has 1 saturated heterocycles. The van der Waals surface area contributed by atoms with Crippen molar-refractivity contribution >= 4 is 11.6 Å². The van der Waals surface area contributed by atoms with Gasteiger partial charge in [-0.3, -0.25) is 4.90 Å². The molecular weight excluding hydrogens is 272 g/mol. The number of hydrogen-bond donors (Lipinski definition) is 1. The summed E-state index contributed by atoms with van der Waals surface area (Å²) >= 11 is 6.28. The van der Waals surface area contributed by atoms with Crippen LogP contribution in [0.25, 0.3) is 11.3 Å². The molecule has 5 heteroatoms. The maximum absolute atomic E-state index is 6.28. The predicted octanol–water partition coefficient (Wildman–Crippen LogP) is 2.11. The minimum atomic E-state index is 0.774. The first kappa shape index (κ1) is 13.6. The molecule has 0 spiro atoms. The fourth-order valence-electron chi connectivity index (χ4n) is 2.58. The molecule has 1 aliphatic rings. The Bertz CT molecular complexity index is 561. The molecule has 1 N–H and O–H groups in total. The van der Waals surface area contributed by atoms with Crippen LogP contribution in [-0.2, 0) is 6.54 Å². The van der Waals surface area contributed by atoms with E-state index in [2.05, 4.69) is 19.8 Å². The van der Waals surface area contributed by atoms with Crippen LogP contribution in [0, 0.1) is 0 Å². The number of aromatic nitrogens is 2. The van der Waals surface area contributed by atoms with E-state index in [1.807, 2.05) is 36.8 Å². The second-order valence-electron chi connectivity index (χ2n) is 5.04. The van der Waals surface area contributed by atoms with Gasteiger partial charge in [0.25, 0.3) is 0 Å². The summed E-state index contributed by atoms with van der Waals surface area (Å²) in [6.45, 7) is 6.41. The van der Waals surface area contributed by atoms with Gasteiger partial charge in [-0.15, -0.1) is 0 Å². The number of benzene rings is 1. The second kappa shape index (κ2) is 6.39. The highest BCUT2D eigenvalue weighted by Crippen LogP contribution is 2.27. The molecule has 0 bridgehead atoms. The zero-order chi connectivity index (χ0) is 13.8. The van der Waals surface area contributed by atoms with Crippen LogP contribution in [0.3, 0.4) is 0 Å². The third-order valence-corrected chi connectivity index (χ3v) is 4.06. The van der Waals surface area contributed by atoms with Crippen molar-refractivity contribution in [2.75, 3.05) is 32.7 Å². The molecule has 0 amide bonds. The molecule has 4 nitrogen and oxygen atoms in total. The van der Waals surface area contributed by atoms with Crippen molar-refractivity contribution in [1.29, 1.82) is 0 Å². The summed E-state index contributed by atoms with van der Waals surface area (Å²) in [5, 5.41) is 4.15. The molecule has 0 atom stereocenters. The second-order valence-corrected chi connectivity index (χ2v) is 5.45. The zero-order valence-corrected chi connectivity index (χ0v) is 12.2. The lowest BCUT2D eigenvalue weighted by Gasteiger charge is -2.27. The Morgan fingerprint density at radius 1 is 1.15 bits per heavy atom. The summed E-state index contributed by atoms with van der Waals surface area (Å²) in [7, 11) is 0. The van der Waals surface area contributed by atoms with Crippen molar-refractivity contribution in [2.24, 2.45) is 0 Å². The molecular formula is C15H19ClN4. The minimum Gasteiger partial charge on any atom is -0.329 e. The van der Waals surface area contributed by atoms with E-state index in [0.717, 1.165) is 55.5 Å². The largest absolute Gasteiger partial charge is 0.329 e. The molecule has 2 aromatic rings. The van der Waals surface area contributed by atoms with Crippen molar-refractivity contribution in [3.8, 4) is 11.3 Å². The van der Waals surface area contributed by atoms with E-state index in [9.17, 15) is 0 Å². The molecule has 3 rings (SSSR count). The van der Waals surface area contributed by atoms with Gasteiger partial charge in [0.05, 0.1) is 18.2 Å². The first-order valence-corrected chi connectivity index (χ1v) is 7.40. The molecule has 1 aromatic carbocycles. The number of hydrogen-bond acceptors (Lipinski definition) is 3. The van der Waals surface area contributed by atoms with Crippen LogP contribution in [-0.4, -0.2) is 47.2 Å². The molecule has 0 aliphatic carbocycles. The van der Waals surface area contributed by atoms with Crippen molar-refractivity contribution < 1.29 is 0 Å². The monoisotopic (exact) mass is 290 g/mol. The van der Waals surface area contributed by atoms with E-state index in [1.54, 1.807) is 0 Å². The molecule has 1 aromatic heterocycles. The van der Waals surface area contributed by atoms with Crippen LogP contribution in [0.15, 0.2) is 36.8 Å². The number of halogens is 1. The normalized spacial score (nSPS) is 16.4. The molecule has 106 valence electrons. The van der Waals surface area contributed by atoms with E-state index in [4.69, 9.17) is 11.6 Å². The zero-order valence-electron chi connectivity index (χ0n) is 11.4. The maximum atomic E-state index is 6.28. The molecule has 0 radical (unpaired) electrons. The quantitative estimate of drug-likeness (QED) is 0.936. The molecule has 0 saturated carbocycles. The van der Waals surface area contributed by atoms with E-state index >= 15 is 0 Å².